The number of piperidine rings is 1. The van der Waals surface area contributed by atoms with Crippen LogP contribution < -0.4 is 0 Å². The van der Waals surface area contributed by atoms with Crippen molar-refractivity contribution < 1.29 is 9.59 Å². The lowest BCUT2D eigenvalue weighted by Gasteiger charge is -2.41. The molecule has 1 saturated carbocycles. The standard InChI is InChI=1S/C16H26N2O2/c19-15-6-2-8-17(15)9-3-7-16(20)18-11-13-4-1-5-14(10-13)12-18/h13-14H,1-12H2/t13-,14-/m0/s1. The Kier molecular flexibility index (Phi) is 4.27. The van der Waals surface area contributed by atoms with E-state index in [0.29, 0.717) is 18.7 Å². The Hall–Kier alpha value is -1.06. The molecule has 2 bridgehead atoms. The van der Waals surface area contributed by atoms with Crippen molar-refractivity contribution in [2.24, 2.45) is 11.8 Å². The fourth-order valence-corrected chi connectivity index (χ4v) is 4.16. The molecule has 2 saturated heterocycles. The van der Waals surface area contributed by atoms with Gasteiger partial charge in [0.1, 0.15) is 0 Å². The Morgan fingerprint density at radius 2 is 1.90 bits per heavy atom. The van der Waals surface area contributed by atoms with E-state index in [0.717, 1.165) is 50.9 Å². The number of likely N-dealkylation sites (tertiary alicyclic amines) is 2. The van der Waals surface area contributed by atoms with E-state index < -0.39 is 0 Å². The SMILES string of the molecule is O=C1CCCN1CCCC(=O)N1C[C@H]2CCC[C@@H](C2)C1. The predicted octanol–water partition coefficient (Wildman–Crippen LogP) is 2.04. The van der Waals surface area contributed by atoms with Gasteiger partial charge in [-0.15, -0.1) is 0 Å². The third-order valence-corrected chi connectivity index (χ3v) is 5.19. The van der Waals surface area contributed by atoms with Gasteiger partial charge in [0.2, 0.25) is 11.8 Å². The van der Waals surface area contributed by atoms with E-state index in [9.17, 15) is 9.59 Å². The van der Waals surface area contributed by atoms with E-state index in [1.54, 1.807) is 0 Å². The Morgan fingerprint density at radius 1 is 1.15 bits per heavy atom. The molecular formula is C16H26N2O2. The van der Waals surface area contributed by atoms with E-state index in [1.807, 2.05) is 4.90 Å². The predicted molar refractivity (Wildman–Crippen MR) is 77.1 cm³/mol. The molecule has 0 aromatic rings. The molecule has 0 aromatic carbocycles. The molecule has 112 valence electrons. The molecule has 4 nitrogen and oxygen atoms in total. The molecular weight excluding hydrogens is 252 g/mol. The molecule has 3 rings (SSSR count). The van der Waals surface area contributed by atoms with Crippen LogP contribution >= 0.6 is 0 Å². The minimum absolute atomic E-state index is 0.268. The molecule has 3 aliphatic rings. The third-order valence-electron chi connectivity index (χ3n) is 5.19. The normalized spacial score (nSPS) is 29.9. The minimum atomic E-state index is 0.268. The molecule has 3 fully saturated rings. The zero-order valence-electron chi connectivity index (χ0n) is 12.4. The molecule has 2 amide bonds. The van der Waals surface area contributed by atoms with Crippen molar-refractivity contribution >= 4 is 11.8 Å². The molecule has 2 aliphatic heterocycles. The molecule has 2 atom stereocenters. The van der Waals surface area contributed by atoms with Gasteiger partial charge in [-0.2, -0.15) is 0 Å². The molecule has 2 heterocycles. The van der Waals surface area contributed by atoms with Gasteiger partial charge in [-0.1, -0.05) is 6.42 Å². The summed E-state index contributed by atoms with van der Waals surface area (Å²) < 4.78 is 0. The first-order valence-electron chi connectivity index (χ1n) is 8.28. The van der Waals surface area contributed by atoms with E-state index in [4.69, 9.17) is 0 Å². The molecule has 4 heteroatoms. The number of hydrogen-bond acceptors (Lipinski definition) is 2. The van der Waals surface area contributed by atoms with Crippen LogP contribution in [0.15, 0.2) is 0 Å². The topological polar surface area (TPSA) is 40.6 Å². The van der Waals surface area contributed by atoms with Crippen LogP contribution in [0.3, 0.4) is 0 Å². The van der Waals surface area contributed by atoms with Crippen molar-refractivity contribution in [2.75, 3.05) is 26.2 Å². The highest BCUT2D eigenvalue weighted by Crippen LogP contribution is 2.34. The average Bonchev–Trinajstić information content (AvgIpc) is 2.84. The Bertz CT molecular complexity index is 371. The number of rotatable bonds is 4. The maximum absolute atomic E-state index is 12.3. The average molecular weight is 278 g/mol. The van der Waals surface area contributed by atoms with Gasteiger partial charge in [0, 0.05) is 39.0 Å². The van der Waals surface area contributed by atoms with Crippen molar-refractivity contribution in [3.8, 4) is 0 Å². The van der Waals surface area contributed by atoms with Crippen LogP contribution in [0.4, 0.5) is 0 Å². The number of nitrogens with zero attached hydrogens (tertiary/aromatic N) is 2. The van der Waals surface area contributed by atoms with Crippen LogP contribution in [-0.4, -0.2) is 47.8 Å². The maximum Gasteiger partial charge on any atom is 0.222 e. The summed E-state index contributed by atoms with van der Waals surface area (Å²) in [4.78, 5) is 27.8. The zero-order valence-corrected chi connectivity index (χ0v) is 12.4. The van der Waals surface area contributed by atoms with Gasteiger partial charge in [0.25, 0.3) is 0 Å². The molecule has 20 heavy (non-hydrogen) atoms. The summed E-state index contributed by atoms with van der Waals surface area (Å²) >= 11 is 0. The van der Waals surface area contributed by atoms with E-state index >= 15 is 0 Å². The highest BCUT2D eigenvalue weighted by atomic mass is 16.2. The second kappa shape index (κ2) is 6.15. The molecule has 1 aliphatic carbocycles. The van der Waals surface area contributed by atoms with Gasteiger partial charge in [0.05, 0.1) is 0 Å². The monoisotopic (exact) mass is 278 g/mol. The largest absolute Gasteiger partial charge is 0.343 e. The zero-order chi connectivity index (χ0) is 13.9. The van der Waals surface area contributed by atoms with E-state index in [2.05, 4.69) is 4.90 Å². The van der Waals surface area contributed by atoms with Gasteiger partial charge in [-0.25, -0.2) is 0 Å². The van der Waals surface area contributed by atoms with E-state index in [-0.39, 0.29) is 5.91 Å². The Labute approximate surface area is 121 Å². The molecule has 0 aromatic heterocycles. The fourth-order valence-electron chi connectivity index (χ4n) is 4.16. The first-order chi connectivity index (χ1) is 9.72. The van der Waals surface area contributed by atoms with Crippen LogP contribution in [0.2, 0.25) is 0 Å². The van der Waals surface area contributed by atoms with Crippen LogP contribution in [0.1, 0.15) is 51.4 Å². The molecule has 0 unspecified atom stereocenters. The number of hydrogen-bond donors (Lipinski definition) is 0. The molecule has 0 N–H and O–H groups in total. The number of fused-ring (bicyclic) bond motifs is 2. The summed E-state index contributed by atoms with van der Waals surface area (Å²) in [5.74, 6) is 2.09. The second-order valence-electron chi connectivity index (χ2n) is 6.79. The summed E-state index contributed by atoms with van der Waals surface area (Å²) in [6, 6.07) is 0. The summed E-state index contributed by atoms with van der Waals surface area (Å²) in [6.45, 7) is 3.63. The van der Waals surface area contributed by atoms with Gasteiger partial charge in [-0.3, -0.25) is 9.59 Å². The van der Waals surface area contributed by atoms with Gasteiger partial charge < -0.3 is 9.80 Å². The lowest BCUT2D eigenvalue weighted by atomic mass is 9.78. The van der Waals surface area contributed by atoms with Gasteiger partial charge in [-0.05, 0) is 43.9 Å². The first kappa shape index (κ1) is 13.9. The Balaban J connectivity index is 1.41. The first-order valence-corrected chi connectivity index (χ1v) is 8.28. The molecule has 0 radical (unpaired) electrons. The van der Waals surface area contributed by atoms with Crippen molar-refractivity contribution in [3.05, 3.63) is 0 Å². The van der Waals surface area contributed by atoms with E-state index in [1.165, 1.54) is 25.7 Å². The quantitative estimate of drug-likeness (QED) is 0.789. The van der Waals surface area contributed by atoms with Gasteiger partial charge >= 0.3 is 0 Å². The summed E-state index contributed by atoms with van der Waals surface area (Å²) in [5, 5.41) is 0. The van der Waals surface area contributed by atoms with Crippen molar-refractivity contribution in [3.63, 3.8) is 0 Å². The summed E-state index contributed by atoms with van der Waals surface area (Å²) in [6.07, 6.45) is 8.44. The molecule has 0 spiro atoms. The van der Waals surface area contributed by atoms with Crippen molar-refractivity contribution in [2.45, 2.75) is 51.4 Å². The van der Waals surface area contributed by atoms with Crippen LogP contribution in [-0.2, 0) is 9.59 Å². The summed E-state index contributed by atoms with van der Waals surface area (Å²) in [5.41, 5.74) is 0. The maximum atomic E-state index is 12.3. The highest BCUT2D eigenvalue weighted by Gasteiger charge is 2.32. The number of carbonyl (C=O) groups excluding carboxylic acids is 2. The lowest BCUT2D eigenvalue weighted by molar-refractivity contribution is -0.135. The van der Waals surface area contributed by atoms with Crippen LogP contribution in [0.25, 0.3) is 0 Å². The smallest absolute Gasteiger partial charge is 0.222 e. The second-order valence-corrected chi connectivity index (χ2v) is 6.79. The number of carbonyl (C=O) groups is 2. The lowest BCUT2D eigenvalue weighted by Crippen LogP contribution is -2.45. The van der Waals surface area contributed by atoms with Crippen molar-refractivity contribution in [1.29, 1.82) is 0 Å². The van der Waals surface area contributed by atoms with Crippen LogP contribution in [0.5, 0.6) is 0 Å². The van der Waals surface area contributed by atoms with Crippen molar-refractivity contribution in [1.82, 2.24) is 9.80 Å². The summed E-state index contributed by atoms with van der Waals surface area (Å²) in [7, 11) is 0. The number of amides is 2. The fraction of sp³-hybridized carbons (Fsp3) is 0.875. The third kappa shape index (κ3) is 3.15. The minimum Gasteiger partial charge on any atom is -0.343 e. The highest BCUT2D eigenvalue weighted by molar-refractivity contribution is 5.78. The van der Waals surface area contributed by atoms with Crippen LogP contribution in [0, 0.1) is 11.8 Å². The Morgan fingerprint density at radius 3 is 2.55 bits per heavy atom. The van der Waals surface area contributed by atoms with Gasteiger partial charge in [0.15, 0.2) is 0 Å².